The van der Waals surface area contributed by atoms with Crippen LogP contribution in [0.4, 0.5) is 0 Å². The normalized spacial score (nSPS) is 11.6. The number of hydrogen-bond donors (Lipinski definition) is 1. The fourth-order valence-electron chi connectivity index (χ4n) is 2.09. The van der Waals surface area contributed by atoms with E-state index in [4.69, 9.17) is 9.47 Å². The van der Waals surface area contributed by atoms with E-state index in [1.54, 1.807) is 14.2 Å². The van der Waals surface area contributed by atoms with Crippen LogP contribution in [0.1, 0.15) is 12.5 Å². The van der Waals surface area contributed by atoms with Gasteiger partial charge in [0.1, 0.15) is 11.5 Å². The third kappa shape index (κ3) is 4.93. The Morgan fingerprint density at radius 3 is 2.43 bits per heavy atom. The first kappa shape index (κ1) is 17.2. The van der Waals surface area contributed by atoms with Gasteiger partial charge in [-0.25, -0.2) is 0 Å². The monoisotopic (exact) mass is 331 g/mol. The number of carbonyl (C=O) groups is 1. The topological polar surface area (TPSA) is 47.6 Å². The molecule has 0 aliphatic heterocycles. The summed E-state index contributed by atoms with van der Waals surface area (Å²) in [7, 11) is 3.26. The van der Waals surface area contributed by atoms with Gasteiger partial charge in [-0.15, -0.1) is 11.8 Å². The summed E-state index contributed by atoms with van der Waals surface area (Å²) < 4.78 is 10.4. The Kier molecular flexibility index (Phi) is 6.35. The smallest absolute Gasteiger partial charge is 0.233 e. The summed E-state index contributed by atoms with van der Waals surface area (Å²) in [6.07, 6.45) is 0. The largest absolute Gasteiger partial charge is 0.497 e. The van der Waals surface area contributed by atoms with Crippen molar-refractivity contribution in [3.05, 3.63) is 54.1 Å². The van der Waals surface area contributed by atoms with Crippen LogP contribution in [0.15, 0.2) is 53.4 Å². The molecule has 5 heteroatoms. The Hall–Kier alpha value is -2.14. The van der Waals surface area contributed by atoms with Crippen LogP contribution in [0.3, 0.4) is 0 Å². The Morgan fingerprint density at radius 1 is 1.09 bits per heavy atom. The zero-order valence-electron chi connectivity index (χ0n) is 13.5. The van der Waals surface area contributed by atoms with E-state index in [2.05, 4.69) is 5.32 Å². The minimum absolute atomic E-state index is 0.00303. The lowest BCUT2D eigenvalue weighted by Crippen LogP contribution is -2.30. The van der Waals surface area contributed by atoms with Crippen molar-refractivity contribution < 1.29 is 14.3 Å². The van der Waals surface area contributed by atoms with Crippen LogP contribution in [0.2, 0.25) is 0 Å². The lowest BCUT2D eigenvalue weighted by atomic mass is 10.2. The van der Waals surface area contributed by atoms with Gasteiger partial charge < -0.3 is 14.8 Å². The highest BCUT2D eigenvalue weighted by Gasteiger charge is 2.14. The van der Waals surface area contributed by atoms with Gasteiger partial charge in [0.15, 0.2) is 0 Å². The lowest BCUT2D eigenvalue weighted by molar-refractivity contribution is -0.120. The average molecular weight is 331 g/mol. The molecule has 2 aromatic carbocycles. The molecule has 23 heavy (non-hydrogen) atoms. The number of rotatable bonds is 7. The van der Waals surface area contributed by atoms with Gasteiger partial charge in [0.05, 0.1) is 19.5 Å². The predicted octanol–water partition coefficient (Wildman–Crippen LogP) is 3.50. The zero-order valence-corrected chi connectivity index (χ0v) is 14.4. The number of para-hydroxylation sites is 1. The summed E-state index contributed by atoms with van der Waals surface area (Å²) in [5.74, 6) is 1.59. The van der Waals surface area contributed by atoms with Crippen LogP contribution in [-0.4, -0.2) is 25.4 Å². The lowest BCUT2D eigenvalue weighted by Gasteiger charge is -2.13. The van der Waals surface area contributed by atoms with E-state index in [-0.39, 0.29) is 11.2 Å². The molecule has 1 amide bonds. The van der Waals surface area contributed by atoms with E-state index in [9.17, 15) is 4.79 Å². The molecule has 0 aliphatic rings. The minimum Gasteiger partial charge on any atom is -0.497 e. The Labute approximate surface area is 141 Å². The standard InChI is InChI=1S/C18H21NO3S/c1-13(23-16-10-8-15(21-2)9-11-16)18(20)19-12-14-6-4-5-7-17(14)22-3/h4-11,13H,12H2,1-3H3,(H,19,20). The minimum atomic E-state index is -0.182. The second-order valence-electron chi connectivity index (χ2n) is 4.97. The van der Waals surface area contributed by atoms with Gasteiger partial charge >= 0.3 is 0 Å². The van der Waals surface area contributed by atoms with Crippen LogP contribution < -0.4 is 14.8 Å². The molecule has 122 valence electrons. The third-order valence-corrected chi connectivity index (χ3v) is 4.50. The third-order valence-electron chi connectivity index (χ3n) is 3.39. The number of hydrogen-bond acceptors (Lipinski definition) is 4. The van der Waals surface area contributed by atoms with Gasteiger partial charge in [-0.3, -0.25) is 4.79 Å². The van der Waals surface area contributed by atoms with Crippen LogP contribution in [0.25, 0.3) is 0 Å². The first-order chi connectivity index (χ1) is 11.1. The van der Waals surface area contributed by atoms with Crippen molar-refractivity contribution in [2.24, 2.45) is 0 Å². The van der Waals surface area contributed by atoms with Crippen molar-refractivity contribution in [1.29, 1.82) is 0 Å². The van der Waals surface area contributed by atoms with E-state index < -0.39 is 0 Å². The summed E-state index contributed by atoms with van der Waals surface area (Å²) in [6, 6.07) is 15.4. The molecule has 0 aliphatic carbocycles. The molecule has 0 saturated carbocycles. The molecule has 0 spiro atoms. The highest BCUT2D eigenvalue weighted by molar-refractivity contribution is 8.00. The summed E-state index contributed by atoms with van der Waals surface area (Å²) in [4.78, 5) is 13.3. The highest BCUT2D eigenvalue weighted by atomic mass is 32.2. The molecule has 0 heterocycles. The average Bonchev–Trinajstić information content (AvgIpc) is 2.60. The molecular formula is C18H21NO3S. The molecular weight excluding hydrogens is 310 g/mol. The molecule has 0 saturated heterocycles. The molecule has 1 atom stereocenters. The molecule has 0 radical (unpaired) electrons. The number of amides is 1. The maximum absolute atomic E-state index is 12.2. The van der Waals surface area contributed by atoms with E-state index >= 15 is 0 Å². The van der Waals surface area contributed by atoms with Crippen LogP contribution in [0, 0.1) is 0 Å². The number of ether oxygens (including phenoxy) is 2. The molecule has 2 rings (SSSR count). The van der Waals surface area contributed by atoms with Gasteiger partial charge in [0.25, 0.3) is 0 Å². The quantitative estimate of drug-likeness (QED) is 0.789. The van der Waals surface area contributed by atoms with E-state index in [1.807, 2.05) is 55.5 Å². The van der Waals surface area contributed by atoms with Gasteiger partial charge in [-0.1, -0.05) is 18.2 Å². The summed E-state index contributed by atoms with van der Waals surface area (Å²) >= 11 is 1.52. The van der Waals surface area contributed by atoms with Gasteiger partial charge in [-0.2, -0.15) is 0 Å². The van der Waals surface area contributed by atoms with Crippen LogP contribution in [0.5, 0.6) is 11.5 Å². The van der Waals surface area contributed by atoms with Crippen molar-refractivity contribution >= 4 is 17.7 Å². The van der Waals surface area contributed by atoms with E-state index in [0.717, 1.165) is 22.0 Å². The predicted molar refractivity (Wildman–Crippen MR) is 93.2 cm³/mol. The first-order valence-electron chi connectivity index (χ1n) is 7.34. The van der Waals surface area contributed by atoms with Gasteiger partial charge in [0, 0.05) is 17.0 Å². The maximum atomic E-state index is 12.2. The Balaban J connectivity index is 1.89. The molecule has 1 N–H and O–H groups in total. The Morgan fingerprint density at radius 2 is 1.78 bits per heavy atom. The molecule has 0 bridgehead atoms. The number of carbonyl (C=O) groups excluding carboxylic acids is 1. The summed E-state index contributed by atoms with van der Waals surface area (Å²) in [5.41, 5.74) is 0.963. The number of benzene rings is 2. The van der Waals surface area contributed by atoms with Crippen LogP contribution >= 0.6 is 11.8 Å². The number of methoxy groups -OCH3 is 2. The summed E-state index contributed by atoms with van der Waals surface area (Å²) in [5, 5.41) is 2.77. The second-order valence-corrected chi connectivity index (χ2v) is 6.38. The van der Waals surface area contributed by atoms with Gasteiger partial charge in [-0.05, 0) is 37.3 Å². The maximum Gasteiger partial charge on any atom is 0.233 e. The fraction of sp³-hybridized carbons (Fsp3) is 0.278. The fourth-order valence-corrected chi connectivity index (χ4v) is 2.98. The second kappa shape index (κ2) is 8.48. The van der Waals surface area contributed by atoms with Crippen LogP contribution in [-0.2, 0) is 11.3 Å². The number of thioether (sulfide) groups is 1. The SMILES string of the molecule is COc1ccc(SC(C)C(=O)NCc2ccccc2OC)cc1. The summed E-state index contributed by atoms with van der Waals surface area (Å²) in [6.45, 7) is 2.35. The van der Waals surface area contributed by atoms with E-state index in [1.165, 1.54) is 11.8 Å². The van der Waals surface area contributed by atoms with Crippen molar-refractivity contribution in [1.82, 2.24) is 5.32 Å². The molecule has 0 aromatic heterocycles. The molecule has 0 fully saturated rings. The van der Waals surface area contributed by atoms with Gasteiger partial charge in [0.2, 0.25) is 5.91 Å². The van der Waals surface area contributed by atoms with Crippen molar-refractivity contribution in [2.45, 2.75) is 23.6 Å². The molecule has 1 unspecified atom stereocenters. The van der Waals surface area contributed by atoms with Crippen molar-refractivity contribution in [3.63, 3.8) is 0 Å². The number of nitrogens with one attached hydrogen (secondary N) is 1. The molecule has 4 nitrogen and oxygen atoms in total. The first-order valence-corrected chi connectivity index (χ1v) is 8.22. The highest BCUT2D eigenvalue weighted by Crippen LogP contribution is 2.25. The van der Waals surface area contributed by atoms with E-state index in [0.29, 0.717) is 6.54 Å². The molecule has 2 aromatic rings. The van der Waals surface area contributed by atoms with Crippen molar-refractivity contribution in [3.8, 4) is 11.5 Å². The Bertz CT molecular complexity index is 643. The zero-order chi connectivity index (χ0) is 16.7. The van der Waals surface area contributed by atoms with Crippen molar-refractivity contribution in [2.75, 3.05) is 14.2 Å².